The first-order valence-electron chi connectivity index (χ1n) is 4.56. The van der Waals surface area contributed by atoms with E-state index in [1.807, 2.05) is 0 Å². The summed E-state index contributed by atoms with van der Waals surface area (Å²) in [5, 5.41) is 0. The molecule has 0 radical (unpaired) electrons. The topological polar surface area (TPSA) is 34.1 Å². The summed E-state index contributed by atoms with van der Waals surface area (Å²) >= 11 is 0. The molecule has 0 aromatic heterocycles. The Balaban J connectivity index is 4.73. The fourth-order valence-corrected chi connectivity index (χ4v) is 1.25. The molecule has 0 bridgehead atoms. The van der Waals surface area contributed by atoms with Gasteiger partial charge in [0.15, 0.2) is 0 Å². The molecule has 0 N–H and O–H groups in total. The third-order valence-electron chi connectivity index (χ3n) is 1.83. The van der Waals surface area contributed by atoms with Crippen molar-refractivity contribution in [3.8, 4) is 0 Å². The Kier molecular flexibility index (Phi) is 5.15. The molecular weight excluding hydrogens is 254 g/mol. The van der Waals surface area contributed by atoms with Crippen LogP contribution in [0.5, 0.6) is 0 Å². The van der Waals surface area contributed by atoms with Gasteiger partial charge in [-0.25, -0.2) is 0 Å². The zero-order chi connectivity index (χ0) is 13.9. The number of carbonyl (C=O) groups excluding carboxylic acids is 2. The van der Waals surface area contributed by atoms with Crippen molar-refractivity contribution < 1.29 is 35.9 Å². The third kappa shape index (κ3) is 8.70. The SMILES string of the molecule is CC(=O)CC(=O)C(CC(F)(F)F)CC(F)(F)F. The van der Waals surface area contributed by atoms with Gasteiger partial charge >= 0.3 is 12.4 Å². The van der Waals surface area contributed by atoms with E-state index in [9.17, 15) is 35.9 Å². The lowest BCUT2D eigenvalue weighted by molar-refractivity contribution is -0.178. The van der Waals surface area contributed by atoms with Crippen LogP contribution in [0.25, 0.3) is 0 Å². The average molecular weight is 264 g/mol. The largest absolute Gasteiger partial charge is 0.389 e. The quantitative estimate of drug-likeness (QED) is 0.565. The molecule has 0 aromatic carbocycles. The van der Waals surface area contributed by atoms with Gasteiger partial charge in [-0.2, -0.15) is 26.3 Å². The van der Waals surface area contributed by atoms with E-state index < -0.39 is 49.1 Å². The van der Waals surface area contributed by atoms with Crippen LogP contribution in [0.2, 0.25) is 0 Å². The van der Waals surface area contributed by atoms with Crippen LogP contribution in [0, 0.1) is 5.92 Å². The molecule has 17 heavy (non-hydrogen) atoms. The highest BCUT2D eigenvalue weighted by atomic mass is 19.4. The Morgan fingerprint density at radius 1 is 0.941 bits per heavy atom. The van der Waals surface area contributed by atoms with Gasteiger partial charge < -0.3 is 0 Å². The molecular formula is C9H10F6O2. The number of halogens is 6. The Labute approximate surface area is 93.0 Å². The third-order valence-corrected chi connectivity index (χ3v) is 1.83. The lowest BCUT2D eigenvalue weighted by Gasteiger charge is -2.18. The molecule has 8 heteroatoms. The monoisotopic (exact) mass is 264 g/mol. The van der Waals surface area contributed by atoms with E-state index in [4.69, 9.17) is 0 Å². The predicted octanol–water partition coefficient (Wildman–Crippen LogP) is 3.06. The first-order chi connectivity index (χ1) is 7.41. The number of ketones is 2. The number of hydrogen-bond donors (Lipinski definition) is 0. The van der Waals surface area contributed by atoms with Crippen LogP contribution in [0.4, 0.5) is 26.3 Å². The smallest absolute Gasteiger partial charge is 0.300 e. The first kappa shape index (κ1) is 15.9. The van der Waals surface area contributed by atoms with Gasteiger partial charge in [-0.1, -0.05) is 0 Å². The number of hydrogen-bond acceptors (Lipinski definition) is 2. The summed E-state index contributed by atoms with van der Waals surface area (Å²) in [4.78, 5) is 21.6. The summed E-state index contributed by atoms with van der Waals surface area (Å²) in [6, 6.07) is 0. The van der Waals surface area contributed by atoms with E-state index in [2.05, 4.69) is 0 Å². The Hall–Kier alpha value is -1.08. The number of Topliss-reactive ketones (excluding diaryl/α,β-unsaturated/α-hetero) is 2. The molecule has 0 saturated carbocycles. The van der Waals surface area contributed by atoms with Crippen molar-refractivity contribution in [2.45, 2.75) is 38.5 Å². The molecule has 0 spiro atoms. The highest BCUT2D eigenvalue weighted by Crippen LogP contribution is 2.33. The molecule has 0 saturated heterocycles. The van der Waals surface area contributed by atoms with E-state index in [0.717, 1.165) is 6.92 Å². The van der Waals surface area contributed by atoms with Crippen LogP contribution in [0.1, 0.15) is 26.2 Å². The van der Waals surface area contributed by atoms with Gasteiger partial charge in [0.25, 0.3) is 0 Å². The Morgan fingerprint density at radius 2 is 1.29 bits per heavy atom. The standard InChI is InChI=1S/C9H10F6O2/c1-5(16)2-7(17)6(3-8(10,11)12)4-9(13,14)15/h6H,2-4H2,1H3. The average Bonchev–Trinajstić information content (AvgIpc) is 1.95. The Bertz CT molecular complexity index is 275. The molecule has 0 unspecified atom stereocenters. The van der Waals surface area contributed by atoms with Crippen LogP contribution < -0.4 is 0 Å². The molecule has 100 valence electrons. The molecule has 0 aliphatic heterocycles. The molecule has 0 atom stereocenters. The van der Waals surface area contributed by atoms with Gasteiger partial charge in [-0.3, -0.25) is 9.59 Å². The van der Waals surface area contributed by atoms with Gasteiger partial charge in [0.2, 0.25) is 0 Å². The van der Waals surface area contributed by atoms with Crippen molar-refractivity contribution in [2.24, 2.45) is 5.92 Å². The molecule has 0 aliphatic rings. The zero-order valence-electron chi connectivity index (χ0n) is 8.78. The van der Waals surface area contributed by atoms with Gasteiger partial charge in [-0.15, -0.1) is 0 Å². The minimum absolute atomic E-state index is 0.760. The normalized spacial score (nSPS) is 12.9. The maximum absolute atomic E-state index is 12.0. The van der Waals surface area contributed by atoms with Crippen LogP contribution in [-0.4, -0.2) is 23.9 Å². The van der Waals surface area contributed by atoms with Gasteiger partial charge in [0.05, 0.1) is 19.3 Å². The highest BCUT2D eigenvalue weighted by molar-refractivity contribution is 5.99. The number of carbonyl (C=O) groups is 2. The summed E-state index contributed by atoms with van der Waals surface area (Å²) in [6.07, 6.45) is -14.4. The van der Waals surface area contributed by atoms with E-state index in [1.165, 1.54) is 0 Å². The van der Waals surface area contributed by atoms with Crippen molar-refractivity contribution in [1.82, 2.24) is 0 Å². The van der Waals surface area contributed by atoms with Crippen LogP contribution in [0.15, 0.2) is 0 Å². The lowest BCUT2D eigenvalue weighted by Crippen LogP contribution is -2.28. The van der Waals surface area contributed by atoms with Crippen molar-refractivity contribution in [2.75, 3.05) is 0 Å². The van der Waals surface area contributed by atoms with Crippen molar-refractivity contribution in [3.63, 3.8) is 0 Å². The summed E-state index contributed by atoms with van der Waals surface area (Å²) in [7, 11) is 0. The molecule has 2 nitrogen and oxygen atoms in total. The minimum Gasteiger partial charge on any atom is -0.300 e. The van der Waals surface area contributed by atoms with E-state index >= 15 is 0 Å². The molecule has 0 heterocycles. The van der Waals surface area contributed by atoms with Crippen LogP contribution in [0.3, 0.4) is 0 Å². The fourth-order valence-electron chi connectivity index (χ4n) is 1.25. The minimum atomic E-state index is -4.87. The molecule has 0 aromatic rings. The summed E-state index contributed by atoms with van der Waals surface area (Å²) in [5.74, 6) is -4.32. The van der Waals surface area contributed by atoms with Crippen molar-refractivity contribution in [3.05, 3.63) is 0 Å². The summed E-state index contributed by atoms with van der Waals surface area (Å²) in [6.45, 7) is 0.927. The van der Waals surface area contributed by atoms with E-state index in [1.54, 1.807) is 0 Å². The van der Waals surface area contributed by atoms with Gasteiger partial charge in [0.1, 0.15) is 11.6 Å². The molecule has 0 amide bonds. The lowest BCUT2D eigenvalue weighted by atomic mass is 9.93. The second kappa shape index (κ2) is 5.50. The number of alkyl halides is 6. The van der Waals surface area contributed by atoms with Crippen LogP contribution in [-0.2, 0) is 9.59 Å². The van der Waals surface area contributed by atoms with Crippen LogP contribution >= 0.6 is 0 Å². The van der Waals surface area contributed by atoms with Crippen molar-refractivity contribution >= 4 is 11.6 Å². The number of rotatable bonds is 5. The second-order valence-electron chi connectivity index (χ2n) is 3.68. The zero-order valence-corrected chi connectivity index (χ0v) is 8.78. The van der Waals surface area contributed by atoms with E-state index in [0.29, 0.717) is 0 Å². The highest BCUT2D eigenvalue weighted by Gasteiger charge is 2.41. The summed E-state index contributed by atoms with van der Waals surface area (Å²) < 4.78 is 71.8. The summed E-state index contributed by atoms with van der Waals surface area (Å²) in [5.41, 5.74) is 0. The molecule has 0 rings (SSSR count). The molecule has 0 fully saturated rings. The maximum Gasteiger partial charge on any atom is 0.389 e. The van der Waals surface area contributed by atoms with Gasteiger partial charge in [-0.05, 0) is 6.92 Å². The molecule has 0 aliphatic carbocycles. The fraction of sp³-hybridized carbons (Fsp3) is 0.778. The second-order valence-corrected chi connectivity index (χ2v) is 3.68. The van der Waals surface area contributed by atoms with Gasteiger partial charge in [0, 0.05) is 5.92 Å². The maximum atomic E-state index is 12.0. The first-order valence-corrected chi connectivity index (χ1v) is 4.56. The Morgan fingerprint density at radius 3 is 1.53 bits per heavy atom. The van der Waals surface area contributed by atoms with Crippen molar-refractivity contribution in [1.29, 1.82) is 0 Å². The predicted molar refractivity (Wildman–Crippen MR) is 45.1 cm³/mol. The van der Waals surface area contributed by atoms with E-state index in [-0.39, 0.29) is 0 Å².